The lowest BCUT2D eigenvalue weighted by atomic mass is 9.88. The van der Waals surface area contributed by atoms with E-state index in [1.165, 1.54) is 0 Å². The lowest BCUT2D eigenvalue weighted by molar-refractivity contribution is -0.132. The van der Waals surface area contributed by atoms with Crippen LogP contribution < -0.4 is 19.5 Å². The Hall–Kier alpha value is -2.48. The van der Waals surface area contributed by atoms with Crippen LogP contribution in [0.4, 0.5) is 0 Å². The summed E-state index contributed by atoms with van der Waals surface area (Å²) in [4.78, 5) is 27.9. The fraction of sp³-hybridized carbons (Fsp3) is 0.667. The first-order valence-corrected chi connectivity index (χ1v) is 11.0. The number of amides is 2. The summed E-state index contributed by atoms with van der Waals surface area (Å²) < 4.78 is 21.5. The zero-order valence-corrected chi connectivity index (χ0v) is 20.4. The van der Waals surface area contributed by atoms with Gasteiger partial charge >= 0.3 is 0 Å². The zero-order valence-electron chi connectivity index (χ0n) is 20.4. The highest BCUT2D eigenvalue weighted by Gasteiger charge is 2.41. The number of carbonyl (C=O) groups excluding carboxylic acids is 2. The van der Waals surface area contributed by atoms with Crippen LogP contribution in [0.5, 0.6) is 17.2 Å². The predicted octanol–water partition coefficient (Wildman–Crippen LogP) is 2.84. The van der Waals surface area contributed by atoms with Gasteiger partial charge in [-0.25, -0.2) is 0 Å². The van der Waals surface area contributed by atoms with Crippen LogP contribution in [0.1, 0.15) is 45.1 Å². The lowest BCUT2D eigenvalue weighted by Gasteiger charge is -2.23. The van der Waals surface area contributed by atoms with Crippen LogP contribution >= 0.6 is 0 Å². The number of nitrogens with one attached hydrogen (secondary N) is 1. The number of likely N-dealkylation sites (tertiary alicyclic amines) is 1. The molecule has 2 atom stereocenters. The molecule has 0 bridgehead atoms. The Morgan fingerprint density at radius 2 is 1.66 bits per heavy atom. The van der Waals surface area contributed by atoms with Crippen molar-refractivity contribution in [3.63, 3.8) is 0 Å². The summed E-state index contributed by atoms with van der Waals surface area (Å²) in [5.41, 5.74) is 0.752. The molecule has 1 aliphatic rings. The third-order valence-electron chi connectivity index (χ3n) is 5.63. The summed E-state index contributed by atoms with van der Waals surface area (Å²) in [6, 6.07) is 3.74. The van der Waals surface area contributed by atoms with E-state index in [2.05, 4.69) is 5.32 Å². The first kappa shape index (κ1) is 25.8. The van der Waals surface area contributed by atoms with Gasteiger partial charge in [0.15, 0.2) is 11.5 Å². The summed E-state index contributed by atoms with van der Waals surface area (Å²) in [5, 5.41) is 3.00. The molecular formula is C24H38N2O6. The molecule has 1 saturated heterocycles. The van der Waals surface area contributed by atoms with Crippen LogP contribution in [0, 0.1) is 11.3 Å². The van der Waals surface area contributed by atoms with Crippen LogP contribution in [-0.2, 0) is 14.3 Å². The molecular weight excluding hydrogens is 412 g/mol. The van der Waals surface area contributed by atoms with E-state index in [1.54, 1.807) is 33.3 Å². The topological polar surface area (TPSA) is 86.3 Å². The molecule has 8 nitrogen and oxygen atoms in total. The summed E-state index contributed by atoms with van der Waals surface area (Å²) in [7, 11) is 6.32. The van der Waals surface area contributed by atoms with Gasteiger partial charge in [-0.15, -0.1) is 0 Å². The van der Waals surface area contributed by atoms with Gasteiger partial charge in [0.05, 0.1) is 27.2 Å². The second-order valence-electron chi connectivity index (χ2n) is 9.35. The lowest BCUT2D eigenvalue weighted by Crippen LogP contribution is -2.36. The minimum atomic E-state index is -0.371. The first-order valence-electron chi connectivity index (χ1n) is 11.0. The van der Waals surface area contributed by atoms with Crippen molar-refractivity contribution in [2.45, 2.75) is 39.5 Å². The van der Waals surface area contributed by atoms with Gasteiger partial charge in [-0.1, -0.05) is 20.8 Å². The molecule has 1 aromatic rings. The molecule has 1 N–H and O–H groups in total. The Morgan fingerprint density at radius 1 is 1.03 bits per heavy atom. The molecule has 0 saturated carbocycles. The normalized spacial score (nSPS) is 18.4. The molecule has 1 aromatic carbocycles. The van der Waals surface area contributed by atoms with Gasteiger partial charge in [0.25, 0.3) is 0 Å². The SMILES string of the molecule is COCCCNC(=O)[C@@H]1CN(C(=O)CC(C)(C)C)C[C@H]1c1cc(OC)c(OC)c(OC)c1. The highest BCUT2D eigenvalue weighted by molar-refractivity contribution is 5.83. The number of methoxy groups -OCH3 is 4. The van der Waals surface area contributed by atoms with Crippen molar-refractivity contribution in [2.75, 3.05) is 54.7 Å². The van der Waals surface area contributed by atoms with Crippen molar-refractivity contribution in [2.24, 2.45) is 11.3 Å². The van der Waals surface area contributed by atoms with E-state index >= 15 is 0 Å². The van der Waals surface area contributed by atoms with E-state index in [0.717, 1.165) is 12.0 Å². The van der Waals surface area contributed by atoms with Crippen LogP contribution in [0.25, 0.3) is 0 Å². The van der Waals surface area contributed by atoms with Gasteiger partial charge < -0.3 is 29.2 Å². The molecule has 1 heterocycles. The molecule has 0 spiro atoms. The van der Waals surface area contributed by atoms with E-state index in [1.807, 2.05) is 32.9 Å². The average Bonchev–Trinajstić information content (AvgIpc) is 3.20. The van der Waals surface area contributed by atoms with Crippen LogP contribution in [0.2, 0.25) is 0 Å². The van der Waals surface area contributed by atoms with E-state index in [0.29, 0.717) is 49.9 Å². The number of hydrogen-bond acceptors (Lipinski definition) is 6. The smallest absolute Gasteiger partial charge is 0.225 e. The van der Waals surface area contributed by atoms with Crippen molar-refractivity contribution < 1.29 is 28.5 Å². The number of ether oxygens (including phenoxy) is 4. The Labute approximate surface area is 191 Å². The van der Waals surface area contributed by atoms with E-state index in [4.69, 9.17) is 18.9 Å². The molecule has 8 heteroatoms. The van der Waals surface area contributed by atoms with Crippen LogP contribution in [-0.4, -0.2) is 71.4 Å². The minimum absolute atomic E-state index is 0.0598. The summed E-state index contributed by atoms with van der Waals surface area (Å²) >= 11 is 0. The Morgan fingerprint density at radius 3 is 2.16 bits per heavy atom. The Kier molecular flexibility index (Phi) is 9.19. The van der Waals surface area contributed by atoms with E-state index in [-0.39, 0.29) is 29.1 Å². The fourth-order valence-electron chi connectivity index (χ4n) is 4.05. The van der Waals surface area contributed by atoms with Crippen molar-refractivity contribution in [3.05, 3.63) is 17.7 Å². The van der Waals surface area contributed by atoms with Crippen molar-refractivity contribution in [1.82, 2.24) is 10.2 Å². The number of carbonyl (C=O) groups is 2. The first-order chi connectivity index (χ1) is 15.1. The molecule has 1 aliphatic heterocycles. The second-order valence-corrected chi connectivity index (χ2v) is 9.35. The molecule has 0 unspecified atom stereocenters. The summed E-state index contributed by atoms with van der Waals surface area (Å²) in [6.45, 7) is 8.07. The average molecular weight is 451 g/mol. The van der Waals surface area contributed by atoms with E-state index in [9.17, 15) is 9.59 Å². The van der Waals surface area contributed by atoms with Crippen molar-refractivity contribution in [1.29, 1.82) is 0 Å². The molecule has 180 valence electrons. The summed E-state index contributed by atoms with van der Waals surface area (Å²) in [5.74, 6) is 0.994. The van der Waals surface area contributed by atoms with Gasteiger partial charge in [0.2, 0.25) is 17.6 Å². The second kappa shape index (κ2) is 11.4. The highest BCUT2D eigenvalue weighted by atomic mass is 16.5. The van der Waals surface area contributed by atoms with Crippen LogP contribution in [0.3, 0.4) is 0 Å². The van der Waals surface area contributed by atoms with Crippen molar-refractivity contribution in [3.8, 4) is 17.2 Å². The predicted molar refractivity (Wildman–Crippen MR) is 122 cm³/mol. The van der Waals surface area contributed by atoms with Crippen LogP contribution in [0.15, 0.2) is 12.1 Å². The van der Waals surface area contributed by atoms with Gasteiger partial charge in [0, 0.05) is 45.7 Å². The fourth-order valence-corrected chi connectivity index (χ4v) is 4.05. The highest BCUT2D eigenvalue weighted by Crippen LogP contribution is 2.43. The molecule has 0 radical (unpaired) electrons. The minimum Gasteiger partial charge on any atom is -0.493 e. The molecule has 0 aliphatic carbocycles. The monoisotopic (exact) mass is 450 g/mol. The third kappa shape index (κ3) is 6.51. The Bertz CT molecular complexity index is 764. The van der Waals surface area contributed by atoms with Gasteiger partial charge in [-0.05, 0) is 29.5 Å². The van der Waals surface area contributed by atoms with E-state index < -0.39 is 0 Å². The zero-order chi connectivity index (χ0) is 23.9. The molecule has 2 amide bonds. The maximum atomic E-state index is 13.1. The molecule has 0 aromatic heterocycles. The summed E-state index contributed by atoms with van der Waals surface area (Å²) in [6.07, 6.45) is 1.16. The van der Waals surface area contributed by atoms with Crippen molar-refractivity contribution >= 4 is 11.8 Å². The quantitative estimate of drug-likeness (QED) is 0.552. The van der Waals surface area contributed by atoms with Gasteiger partial charge in [0.1, 0.15) is 0 Å². The molecule has 2 rings (SSSR count). The van der Waals surface area contributed by atoms with Gasteiger partial charge in [-0.3, -0.25) is 9.59 Å². The number of hydrogen-bond donors (Lipinski definition) is 1. The number of nitrogens with zero attached hydrogens (tertiary/aromatic N) is 1. The van der Waals surface area contributed by atoms with Gasteiger partial charge in [-0.2, -0.15) is 0 Å². The molecule has 32 heavy (non-hydrogen) atoms. The largest absolute Gasteiger partial charge is 0.493 e. The standard InChI is InChI=1S/C24H38N2O6/c1-24(2,3)13-21(27)26-14-17(18(15-26)23(28)25-9-8-10-29-4)16-11-19(30-5)22(32-7)20(12-16)31-6/h11-12,17-18H,8-10,13-15H2,1-7H3,(H,25,28)/t17-,18+/m0/s1. The maximum absolute atomic E-state index is 13.1. The number of benzene rings is 1. The number of rotatable bonds is 10. The Balaban J connectivity index is 2.34. The third-order valence-corrected chi connectivity index (χ3v) is 5.63. The maximum Gasteiger partial charge on any atom is 0.225 e. The molecule has 1 fully saturated rings.